The summed E-state index contributed by atoms with van der Waals surface area (Å²) in [4.78, 5) is 25.0. The van der Waals surface area contributed by atoms with Crippen LogP contribution in [-0.4, -0.2) is 34.9 Å². The lowest BCUT2D eigenvalue weighted by Crippen LogP contribution is -2.42. The SMILES string of the molecule is Cc1cccc(C(=O)N(C)C2CCC(N)CC2)c1[N+](=O)[O-]. The number of hydrogen-bond acceptors (Lipinski definition) is 4. The van der Waals surface area contributed by atoms with Crippen molar-refractivity contribution < 1.29 is 9.72 Å². The molecule has 1 amide bonds. The highest BCUT2D eigenvalue weighted by atomic mass is 16.6. The Bertz CT molecular complexity index is 551. The van der Waals surface area contributed by atoms with Crippen molar-refractivity contribution in [1.29, 1.82) is 0 Å². The van der Waals surface area contributed by atoms with E-state index in [1.807, 2.05) is 0 Å². The van der Waals surface area contributed by atoms with Crippen LogP contribution in [-0.2, 0) is 0 Å². The van der Waals surface area contributed by atoms with E-state index in [2.05, 4.69) is 0 Å². The second-order valence-corrected chi connectivity index (χ2v) is 5.71. The van der Waals surface area contributed by atoms with Gasteiger partial charge in [-0.3, -0.25) is 14.9 Å². The van der Waals surface area contributed by atoms with Crippen LogP contribution in [0.3, 0.4) is 0 Å². The van der Waals surface area contributed by atoms with Crippen molar-refractivity contribution in [3.8, 4) is 0 Å². The second-order valence-electron chi connectivity index (χ2n) is 5.71. The zero-order valence-corrected chi connectivity index (χ0v) is 12.4. The van der Waals surface area contributed by atoms with Crippen LogP contribution in [0.5, 0.6) is 0 Å². The Balaban J connectivity index is 2.24. The summed E-state index contributed by atoms with van der Waals surface area (Å²) in [6.45, 7) is 1.65. The fourth-order valence-electron chi connectivity index (χ4n) is 2.92. The van der Waals surface area contributed by atoms with Gasteiger partial charge in [-0.2, -0.15) is 0 Å². The zero-order chi connectivity index (χ0) is 15.6. The van der Waals surface area contributed by atoms with Crippen LogP contribution >= 0.6 is 0 Å². The molecular formula is C15H21N3O3. The monoisotopic (exact) mass is 291 g/mol. The second kappa shape index (κ2) is 6.22. The van der Waals surface area contributed by atoms with E-state index in [4.69, 9.17) is 5.73 Å². The fourth-order valence-corrected chi connectivity index (χ4v) is 2.92. The first-order chi connectivity index (χ1) is 9.91. The predicted octanol–water partition coefficient (Wildman–Crippen LogP) is 2.25. The average Bonchev–Trinajstić information content (AvgIpc) is 2.46. The summed E-state index contributed by atoms with van der Waals surface area (Å²) in [5.74, 6) is -0.286. The minimum Gasteiger partial charge on any atom is -0.339 e. The summed E-state index contributed by atoms with van der Waals surface area (Å²) in [6, 6.07) is 5.17. The van der Waals surface area contributed by atoms with Gasteiger partial charge in [0.15, 0.2) is 0 Å². The molecular weight excluding hydrogens is 270 g/mol. The van der Waals surface area contributed by atoms with E-state index in [1.165, 1.54) is 6.07 Å². The van der Waals surface area contributed by atoms with E-state index >= 15 is 0 Å². The van der Waals surface area contributed by atoms with Gasteiger partial charge in [-0.1, -0.05) is 12.1 Å². The predicted molar refractivity (Wildman–Crippen MR) is 80.2 cm³/mol. The van der Waals surface area contributed by atoms with Crippen molar-refractivity contribution in [3.63, 3.8) is 0 Å². The molecule has 1 saturated carbocycles. The Morgan fingerprint density at radius 2 is 1.95 bits per heavy atom. The van der Waals surface area contributed by atoms with Crippen LogP contribution in [0.4, 0.5) is 5.69 Å². The highest BCUT2D eigenvalue weighted by Crippen LogP contribution is 2.27. The molecule has 1 aromatic rings. The summed E-state index contributed by atoms with van der Waals surface area (Å²) in [7, 11) is 1.72. The molecule has 0 bridgehead atoms. The minimum atomic E-state index is -0.479. The number of nitro benzene ring substituents is 1. The lowest BCUT2D eigenvalue weighted by molar-refractivity contribution is -0.385. The molecule has 0 atom stereocenters. The maximum atomic E-state index is 12.6. The molecule has 0 radical (unpaired) electrons. The Morgan fingerprint density at radius 1 is 1.33 bits per heavy atom. The van der Waals surface area contributed by atoms with E-state index in [9.17, 15) is 14.9 Å². The van der Waals surface area contributed by atoms with Crippen LogP contribution in [0.2, 0.25) is 0 Å². The largest absolute Gasteiger partial charge is 0.339 e. The summed E-state index contributed by atoms with van der Waals surface area (Å²) in [6.07, 6.45) is 3.47. The number of amides is 1. The molecule has 0 aliphatic heterocycles. The molecule has 0 unspecified atom stereocenters. The van der Waals surface area contributed by atoms with E-state index < -0.39 is 4.92 Å². The van der Waals surface area contributed by atoms with Gasteiger partial charge in [0.25, 0.3) is 11.6 Å². The quantitative estimate of drug-likeness (QED) is 0.683. The first-order valence-corrected chi connectivity index (χ1v) is 7.18. The number of aryl methyl sites for hydroxylation is 1. The number of para-hydroxylation sites is 1. The van der Waals surface area contributed by atoms with Crippen molar-refractivity contribution in [2.45, 2.75) is 44.7 Å². The summed E-state index contributed by atoms with van der Waals surface area (Å²) < 4.78 is 0. The third-order valence-electron chi connectivity index (χ3n) is 4.26. The molecule has 2 N–H and O–H groups in total. The van der Waals surface area contributed by atoms with Crippen molar-refractivity contribution in [1.82, 2.24) is 4.90 Å². The summed E-state index contributed by atoms with van der Waals surface area (Å²) in [5.41, 5.74) is 6.45. The Kier molecular flexibility index (Phi) is 4.57. The van der Waals surface area contributed by atoms with Gasteiger partial charge in [0.2, 0.25) is 0 Å². The van der Waals surface area contributed by atoms with Crippen molar-refractivity contribution in [3.05, 3.63) is 39.4 Å². The van der Waals surface area contributed by atoms with Gasteiger partial charge in [0.05, 0.1) is 4.92 Å². The van der Waals surface area contributed by atoms with Crippen LogP contribution in [0, 0.1) is 17.0 Å². The first-order valence-electron chi connectivity index (χ1n) is 7.18. The van der Waals surface area contributed by atoms with Crippen molar-refractivity contribution >= 4 is 11.6 Å². The molecule has 0 spiro atoms. The zero-order valence-electron chi connectivity index (χ0n) is 12.4. The average molecular weight is 291 g/mol. The van der Waals surface area contributed by atoms with Crippen LogP contribution < -0.4 is 5.73 Å². The van der Waals surface area contributed by atoms with E-state index in [-0.39, 0.29) is 29.2 Å². The minimum absolute atomic E-state index is 0.0955. The van der Waals surface area contributed by atoms with Crippen molar-refractivity contribution in [2.24, 2.45) is 5.73 Å². The molecule has 6 heteroatoms. The Morgan fingerprint density at radius 3 is 2.52 bits per heavy atom. The molecule has 114 valence electrons. The molecule has 1 aliphatic carbocycles. The van der Waals surface area contributed by atoms with Gasteiger partial charge >= 0.3 is 0 Å². The number of rotatable bonds is 3. The number of nitrogens with two attached hydrogens (primary N) is 1. The Labute approximate surface area is 124 Å². The first kappa shape index (κ1) is 15.4. The van der Waals surface area contributed by atoms with Gasteiger partial charge in [-0.15, -0.1) is 0 Å². The molecule has 1 aromatic carbocycles. The van der Waals surface area contributed by atoms with Crippen LogP contribution in [0.25, 0.3) is 0 Å². The summed E-state index contributed by atoms with van der Waals surface area (Å²) >= 11 is 0. The van der Waals surface area contributed by atoms with E-state index in [0.29, 0.717) is 5.56 Å². The van der Waals surface area contributed by atoms with Crippen molar-refractivity contribution in [2.75, 3.05) is 7.05 Å². The molecule has 21 heavy (non-hydrogen) atoms. The topological polar surface area (TPSA) is 89.5 Å². The van der Waals surface area contributed by atoms with Crippen LogP contribution in [0.1, 0.15) is 41.6 Å². The van der Waals surface area contributed by atoms with Gasteiger partial charge in [0, 0.05) is 24.7 Å². The number of benzene rings is 1. The highest BCUT2D eigenvalue weighted by molar-refractivity contribution is 5.98. The maximum Gasteiger partial charge on any atom is 0.285 e. The Hall–Kier alpha value is -1.95. The molecule has 2 rings (SSSR count). The molecule has 1 fully saturated rings. The molecule has 6 nitrogen and oxygen atoms in total. The molecule has 0 heterocycles. The van der Waals surface area contributed by atoms with Gasteiger partial charge in [-0.25, -0.2) is 0 Å². The molecule has 0 saturated heterocycles. The van der Waals surface area contributed by atoms with E-state index in [0.717, 1.165) is 25.7 Å². The van der Waals surface area contributed by atoms with Gasteiger partial charge < -0.3 is 10.6 Å². The smallest absolute Gasteiger partial charge is 0.285 e. The third kappa shape index (κ3) is 3.21. The number of carbonyl (C=O) groups is 1. The van der Waals surface area contributed by atoms with Gasteiger partial charge in [0.1, 0.15) is 5.56 Å². The highest BCUT2D eigenvalue weighted by Gasteiger charge is 2.30. The number of carbonyl (C=O) groups excluding carboxylic acids is 1. The fraction of sp³-hybridized carbons (Fsp3) is 0.533. The maximum absolute atomic E-state index is 12.6. The lowest BCUT2D eigenvalue weighted by Gasteiger charge is -2.33. The summed E-state index contributed by atoms with van der Waals surface area (Å²) in [5, 5.41) is 11.2. The normalized spacial score (nSPS) is 21.9. The van der Waals surface area contributed by atoms with Crippen LogP contribution in [0.15, 0.2) is 18.2 Å². The molecule has 0 aromatic heterocycles. The van der Waals surface area contributed by atoms with Gasteiger partial charge in [-0.05, 0) is 38.7 Å². The molecule has 1 aliphatic rings. The standard InChI is InChI=1S/C15H21N3O3/c1-10-4-3-5-13(14(10)18(20)21)15(19)17(2)12-8-6-11(16)7-9-12/h3-5,11-12H,6-9,16H2,1-2H3. The number of nitrogens with zero attached hydrogens (tertiary/aromatic N) is 2. The number of hydrogen-bond donors (Lipinski definition) is 1. The lowest BCUT2D eigenvalue weighted by atomic mass is 9.90. The number of nitro groups is 1. The third-order valence-corrected chi connectivity index (χ3v) is 4.26. The van der Waals surface area contributed by atoms with E-state index in [1.54, 1.807) is 31.0 Å².